The van der Waals surface area contributed by atoms with Gasteiger partial charge in [-0.15, -0.1) is 0 Å². The van der Waals surface area contributed by atoms with Crippen LogP contribution in [0.5, 0.6) is 17.2 Å². The lowest BCUT2D eigenvalue weighted by molar-refractivity contribution is -0.140. The molecule has 1 aliphatic heterocycles. The van der Waals surface area contributed by atoms with Gasteiger partial charge >= 0.3 is 0 Å². The van der Waals surface area contributed by atoms with Crippen LogP contribution in [-0.2, 0) is 9.59 Å². The van der Waals surface area contributed by atoms with Crippen LogP contribution in [0, 0.1) is 0 Å². The Balaban J connectivity index is 2.09. The van der Waals surface area contributed by atoms with E-state index in [2.05, 4.69) is 41.6 Å². The van der Waals surface area contributed by atoms with Gasteiger partial charge in [-0.3, -0.25) is 9.59 Å². The van der Waals surface area contributed by atoms with E-state index in [-0.39, 0.29) is 22.8 Å². The number of phenols is 1. The molecule has 8 nitrogen and oxygen atoms in total. The van der Waals surface area contributed by atoms with Crippen molar-refractivity contribution in [2.45, 2.75) is 46.1 Å². The number of unbranched alkanes of at least 4 members (excludes halogenated alkanes) is 1. The van der Waals surface area contributed by atoms with Gasteiger partial charge in [0.15, 0.2) is 11.5 Å². The highest BCUT2D eigenvalue weighted by atomic mass is 79.9. The number of aromatic hydroxyl groups is 1. The fourth-order valence-corrected chi connectivity index (χ4v) is 5.05. The number of rotatable bonds is 13. The molecule has 1 aliphatic rings. The highest BCUT2D eigenvalue weighted by molar-refractivity contribution is 9.10. The van der Waals surface area contributed by atoms with E-state index >= 15 is 0 Å². The molecule has 0 aromatic heterocycles. The summed E-state index contributed by atoms with van der Waals surface area (Å²) < 4.78 is 11.5. The predicted molar refractivity (Wildman–Crippen MR) is 151 cm³/mol. The molecule has 9 heteroatoms. The molecule has 0 saturated carbocycles. The van der Waals surface area contributed by atoms with Gasteiger partial charge in [-0.05, 0) is 78.2 Å². The van der Waals surface area contributed by atoms with Crippen LogP contribution in [0.4, 0.5) is 0 Å². The molecule has 38 heavy (non-hydrogen) atoms. The Kier molecular flexibility index (Phi) is 10.6. The largest absolute Gasteiger partial charge is 0.507 e. The summed E-state index contributed by atoms with van der Waals surface area (Å²) in [5.74, 6) is -1.03. The van der Waals surface area contributed by atoms with E-state index in [0.717, 1.165) is 32.5 Å². The second-order valence-corrected chi connectivity index (χ2v) is 10.0. The molecule has 0 spiro atoms. The Morgan fingerprint density at radius 2 is 1.84 bits per heavy atom. The van der Waals surface area contributed by atoms with Gasteiger partial charge < -0.3 is 29.5 Å². The molecule has 2 N–H and O–H groups in total. The van der Waals surface area contributed by atoms with Crippen LogP contribution in [0.3, 0.4) is 0 Å². The molecular weight excluding hydrogens is 552 g/mol. The Labute approximate surface area is 233 Å². The number of ketones is 1. The normalized spacial score (nSPS) is 16.9. The van der Waals surface area contributed by atoms with Crippen molar-refractivity contribution in [2.75, 3.05) is 39.9 Å². The van der Waals surface area contributed by atoms with Crippen molar-refractivity contribution in [2.24, 2.45) is 0 Å². The number of nitrogens with zero attached hydrogens (tertiary/aromatic N) is 2. The zero-order valence-corrected chi connectivity index (χ0v) is 24.1. The van der Waals surface area contributed by atoms with Gasteiger partial charge in [0.1, 0.15) is 11.5 Å². The standard InChI is InChI=1S/C29H37BrN2O6/c1-5-8-15-38-21-12-9-11-19(16-21)26(33)24-25(20-17-22(30)27(34)23(18-20)37-4)32(29(36)28(24)35)14-10-13-31(6-2)7-3/h9,11-12,16-18,25,33-34H,5-8,10,13-15H2,1-4H3. The second-order valence-electron chi connectivity index (χ2n) is 9.16. The summed E-state index contributed by atoms with van der Waals surface area (Å²) in [5.41, 5.74) is 0.906. The molecule has 2 aromatic rings. The maximum Gasteiger partial charge on any atom is 0.295 e. The molecule has 1 unspecified atom stereocenters. The van der Waals surface area contributed by atoms with E-state index in [4.69, 9.17) is 9.47 Å². The van der Waals surface area contributed by atoms with Crippen molar-refractivity contribution in [1.29, 1.82) is 0 Å². The number of Topliss-reactive ketones (excluding diaryl/α,β-unsaturated/α-hetero) is 1. The highest BCUT2D eigenvalue weighted by Crippen LogP contribution is 2.44. The summed E-state index contributed by atoms with van der Waals surface area (Å²) in [6.45, 7) is 9.63. The van der Waals surface area contributed by atoms with E-state index in [1.54, 1.807) is 36.4 Å². The molecule has 3 rings (SSSR count). The number of carbonyl (C=O) groups is 2. The summed E-state index contributed by atoms with van der Waals surface area (Å²) in [4.78, 5) is 30.4. The number of carbonyl (C=O) groups excluding carboxylic acids is 2. The quantitative estimate of drug-likeness (QED) is 0.138. The minimum Gasteiger partial charge on any atom is -0.507 e. The third kappa shape index (κ3) is 6.50. The molecule has 1 saturated heterocycles. The van der Waals surface area contributed by atoms with Crippen LogP contribution in [0.15, 0.2) is 46.4 Å². The Hall–Kier alpha value is -3.04. The van der Waals surface area contributed by atoms with Crippen molar-refractivity contribution in [3.63, 3.8) is 0 Å². The zero-order chi connectivity index (χ0) is 27.8. The number of methoxy groups -OCH3 is 1. The Bertz CT molecular complexity index is 1180. The zero-order valence-electron chi connectivity index (χ0n) is 22.5. The van der Waals surface area contributed by atoms with E-state index in [1.807, 2.05) is 0 Å². The van der Waals surface area contributed by atoms with Gasteiger partial charge in [0, 0.05) is 12.1 Å². The first kappa shape index (κ1) is 29.5. The summed E-state index contributed by atoms with van der Waals surface area (Å²) >= 11 is 3.35. The number of benzene rings is 2. The summed E-state index contributed by atoms with van der Waals surface area (Å²) in [6.07, 6.45) is 2.54. The number of ether oxygens (including phenoxy) is 2. The average molecular weight is 590 g/mol. The number of halogens is 1. The summed E-state index contributed by atoms with van der Waals surface area (Å²) in [5, 5.41) is 21.8. The number of aliphatic hydroxyl groups excluding tert-OH is 1. The molecule has 0 radical (unpaired) electrons. The van der Waals surface area contributed by atoms with Crippen molar-refractivity contribution in [3.05, 3.63) is 57.6 Å². The van der Waals surface area contributed by atoms with E-state index in [0.29, 0.717) is 40.9 Å². The maximum absolute atomic E-state index is 13.4. The summed E-state index contributed by atoms with van der Waals surface area (Å²) in [6, 6.07) is 9.25. The van der Waals surface area contributed by atoms with Crippen LogP contribution in [0.2, 0.25) is 0 Å². The molecule has 0 bridgehead atoms. The first-order valence-corrected chi connectivity index (χ1v) is 13.9. The minimum atomic E-state index is -0.859. The van der Waals surface area contributed by atoms with Crippen molar-refractivity contribution < 1.29 is 29.3 Å². The SMILES string of the molecule is CCCCOc1cccc(C(O)=C2C(=O)C(=O)N(CCCN(CC)CC)C2c2cc(Br)c(O)c(OC)c2)c1. The fraction of sp³-hybridized carbons (Fsp3) is 0.448. The van der Waals surface area contributed by atoms with E-state index in [9.17, 15) is 19.8 Å². The van der Waals surface area contributed by atoms with Crippen molar-refractivity contribution >= 4 is 33.4 Å². The maximum atomic E-state index is 13.4. The second kappa shape index (κ2) is 13.7. The average Bonchev–Trinajstić information content (AvgIpc) is 3.17. The molecule has 206 valence electrons. The van der Waals surface area contributed by atoms with Crippen LogP contribution < -0.4 is 9.47 Å². The number of aliphatic hydroxyl groups is 1. The van der Waals surface area contributed by atoms with E-state index in [1.165, 1.54) is 12.0 Å². The lowest BCUT2D eigenvalue weighted by Gasteiger charge is -2.27. The third-order valence-electron chi connectivity index (χ3n) is 6.77. The molecular formula is C29H37BrN2O6. The Morgan fingerprint density at radius 3 is 2.50 bits per heavy atom. The smallest absolute Gasteiger partial charge is 0.295 e. The van der Waals surface area contributed by atoms with Crippen molar-refractivity contribution in [3.8, 4) is 17.2 Å². The molecule has 1 amide bonds. The topological polar surface area (TPSA) is 99.5 Å². The molecule has 1 heterocycles. The molecule has 1 atom stereocenters. The Morgan fingerprint density at radius 1 is 1.11 bits per heavy atom. The van der Waals surface area contributed by atoms with Crippen LogP contribution in [0.25, 0.3) is 5.76 Å². The fourth-order valence-electron chi connectivity index (χ4n) is 4.59. The highest BCUT2D eigenvalue weighted by Gasteiger charge is 2.46. The van der Waals surface area contributed by atoms with Crippen LogP contribution in [-0.4, -0.2) is 71.6 Å². The minimum absolute atomic E-state index is 0.0109. The summed E-state index contributed by atoms with van der Waals surface area (Å²) in [7, 11) is 1.43. The van der Waals surface area contributed by atoms with Gasteiger partial charge in [0.2, 0.25) is 0 Å². The number of hydrogen-bond acceptors (Lipinski definition) is 7. The first-order valence-electron chi connectivity index (χ1n) is 13.1. The number of phenolic OH excluding ortho intramolecular Hbond substituents is 1. The van der Waals surface area contributed by atoms with Crippen molar-refractivity contribution in [1.82, 2.24) is 9.80 Å². The predicted octanol–water partition coefficient (Wildman–Crippen LogP) is 5.50. The number of amides is 1. The van der Waals surface area contributed by atoms with Gasteiger partial charge in [-0.25, -0.2) is 0 Å². The lowest BCUT2D eigenvalue weighted by atomic mass is 9.95. The van der Waals surface area contributed by atoms with E-state index < -0.39 is 17.7 Å². The van der Waals surface area contributed by atoms with Crippen LogP contribution >= 0.6 is 15.9 Å². The van der Waals surface area contributed by atoms with Gasteiger partial charge in [0.25, 0.3) is 11.7 Å². The van der Waals surface area contributed by atoms with Gasteiger partial charge in [0.05, 0.1) is 29.8 Å². The van der Waals surface area contributed by atoms with Crippen LogP contribution in [0.1, 0.15) is 57.2 Å². The van der Waals surface area contributed by atoms with Gasteiger partial charge in [-0.1, -0.05) is 39.3 Å². The van der Waals surface area contributed by atoms with Gasteiger partial charge in [-0.2, -0.15) is 0 Å². The monoisotopic (exact) mass is 588 g/mol. The molecule has 2 aromatic carbocycles. The first-order chi connectivity index (χ1) is 18.3. The molecule has 1 fully saturated rings. The third-order valence-corrected chi connectivity index (χ3v) is 7.37. The number of likely N-dealkylation sites (tertiary alicyclic amines) is 1. The number of hydrogen-bond donors (Lipinski definition) is 2. The lowest BCUT2D eigenvalue weighted by Crippen LogP contribution is -2.33. The molecule has 0 aliphatic carbocycles.